The molecule has 0 radical (unpaired) electrons. The van der Waals surface area contributed by atoms with Crippen molar-refractivity contribution in [1.29, 1.82) is 0 Å². The topological polar surface area (TPSA) is 70.2 Å². The summed E-state index contributed by atoms with van der Waals surface area (Å²) in [6.07, 6.45) is 0. The molecule has 1 unspecified atom stereocenters. The Hall–Kier alpha value is -2.18. The molecule has 0 spiro atoms. The average molecular weight is 257 g/mol. The van der Waals surface area contributed by atoms with Gasteiger partial charge in [0.05, 0.1) is 0 Å². The second-order valence-corrected chi connectivity index (χ2v) is 3.59. The summed E-state index contributed by atoms with van der Waals surface area (Å²) in [7, 11) is 1.36. The standard InChI is InChI=1S/C11H13F2N3O2/c1-6(10(17)16-11(18)14-2)15-9-4-7(12)3-8(13)5-9/h3-6,15H,1-2H3,(H2,14,16,17,18). The van der Waals surface area contributed by atoms with Gasteiger partial charge in [-0.2, -0.15) is 0 Å². The van der Waals surface area contributed by atoms with Gasteiger partial charge in [0.15, 0.2) is 0 Å². The van der Waals surface area contributed by atoms with E-state index in [4.69, 9.17) is 0 Å². The van der Waals surface area contributed by atoms with Crippen LogP contribution in [0, 0.1) is 11.6 Å². The van der Waals surface area contributed by atoms with Crippen LogP contribution in [0.2, 0.25) is 0 Å². The van der Waals surface area contributed by atoms with Gasteiger partial charge in [-0.25, -0.2) is 13.6 Å². The number of halogens is 2. The normalized spacial score (nSPS) is 11.6. The monoisotopic (exact) mass is 257 g/mol. The molecule has 0 aliphatic rings. The van der Waals surface area contributed by atoms with E-state index in [1.54, 1.807) is 0 Å². The van der Waals surface area contributed by atoms with Crippen LogP contribution in [0.5, 0.6) is 0 Å². The molecule has 0 bridgehead atoms. The number of anilines is 1. The predicted octanol–water partition coefficient (Wildman–Crippen LogP) is 1.22. The first-order chi connectivity index (χ1) is 8.42. The van der Waals surface area contributed by atoms with Gasteiger partial charge in [0.25, 0.3) is 0 Å². The number of benzene rings is 1. The molecule has 1 rings (SSSR count). The Labute approximate surface area is 103 Å². The first-order valence-corrected chi connectivity index (χ1v) is 5.17. The van der Waals surface area contributed by atoms with Crippen molar-refractivity contribution in [2.75, 3.05) is 12.4 Å². The molecule has 0 saturated carbocycles. The SMILES string of the molecule is CNC(=O)NC(=O)C(C)Nc1cc(F)cc(F)c1. The van der Waals surface area contributed by atoms with Gasteiger partial charge in [0, 0.05) is 18.8 Å². The second kappa shape index (κ2) is 5.95. The lowest BCUT2D eigenvalue weighted by Crippen LogP contribution is -2.44. The predicted molar refractivity (Wildman–Crippen MR) is 62.0 cm³/mol. The Balaban J connectivity index is 2.66. The van der Waals surface area contributed by atoms with E-state index in [1.807, 2.05) is 5.32 Å². The number of amides is 3. The van der Waals surface area contributed by atoms with Gasteiger partial charge in [-0.15, -0.1) is 0 Å². The van der Waals surface area contributed by atoms with E-state index >= 15 is 0 Å². The molecule has 1 atom stereocenters. The quantitative estimate of drug-likeness (QED) is 0.762. The number of carbonyl (C=O) groups is 2. The molecular weight excluding hydrogens is 244 g/mol. The van der Waals surface area contributed by atoms with Crippen LogP contribution in [0.3, 0.4) is 0 Å². The van der Waals surface area contributed by atoms with Crippen molar-refractivity contribution in [2.24, 2.45) is 0 Å². The van der Waals surface area contributed by atoms with Crippen LogP contribution in [0.4, 0.5) is 19.3 Å². The number of nitrogens with one attached hydrogen (secondary N) is 3. The third-order valence-electron chi connectivity index (χ3n) is 2.10. The highest BCUT2D eigenvalue weighted by atomic mass is 19.1. The molecule has 0 fully saturated rings. The zero-order valence-corrected chi connectivity index (χ0v) is 9.88. The van der Waals surface area contributed by atoms with Gasteiger partial charge in [0.1, 0.15) is 17.7 Å². The molecule has 0 saturated heterocycles. The molecule has 7 heteroatoms. The molecule has 3 amide bonds. The summed E-state index contributed by atoms with van der Waals surface area (Å²) in [6.45, 7) is 1.46. The maximum Gasteiger partial charge on any atom is 0.321 e. The molecule has 1 aromatic carbocycles. The van der Waals surface area contributed by atoms with E-state index in [9.17, 15) is 18.4 Å². The van der Waals surface area contributed by atoms with Crippen molar-refractivity contribution >= 4 is 17.6 Å². The smallest absolute Gasteiger partial charge is 0.321 e. The maximum atomic E-state index is 12.9. The van der Waals surface area contributed by atoms with Crippen molar-refractivity contribution < 1.29 is 18.4 Å². The molecule has 0 aliphatic heterocycles. The fourth-order valence-corrected chi connectivity index (χ4v) is 1.24. The fraction of sp³-hybridized carbons (Fsp3) is 0.273. The molecule has 0 heterocycles. The van der Waals surface area contributed by atoms with Crippen LogP contribution in [0.1, 0.15) is 6.92 Å². The minimum atomic E-state index is -0.816. The number of rotatable bonds is 3. The number of hydrogen-bond acceptors (Lipinski definition) is 3. The largest absolute Gasteiger partial charge is 0.374 e. The van der Waals surface area contributed by atoms with E-state index < -0.39 is 29.6 Å². The van der Waals surface area contributed by atoms with Gasteiger partial charge in [-0.1, -0.05) is 0 Å². The lowest BCUT2D eigenvalue weighted by molar-refractivity contribution is -0.120. The second-order valence-electron chi connectivity index (χ2n) is 3.59. The average Bonchev–Trinajstić information content (AvgIpc) is 2.27. The van der Waals surface area contributed by atoms with E-state index in [2.05, 4.69) is 10.6 Å². The summed E-state index contributed by atoms with van der Waals surface area (Å²) in [6, 6.07) is 1.35. The summed E-state index contributed by atoms with van der Waals surface area (Å²) < 4.78 is 25.8. The zero-order valence-electron chi connectivity index (χ0n) is 9.88. The van der Waals surface area contributed by atoms with Crippen LogP contribution >= 0.6 is 0 Å². The third kappa shape index (κ3) is 4.00. The van der Waals surface area contributed by atoms with Crippen molar-refractivity contribution in [3.05, 3.63) is 29.8 Å². The number of hydrogen-bond donors (Lipinski definition) is 3. The molecule has 3 N–H and O–H groups in total. The molecule has 98 valence electrons. The minimum Gasteiger partial charge on any atom is -0.374 e. The van der Waals surface area contributed by atoms with Gasteiger partial charge in [-0.3, -0.25) is 10.1 Å². The highest BCUT2D eigenvalue weighted by Gasteiger charge is 2.15. The lowest BCUT2D eigenvalue weighted by atomic mass is 10.2. The van der Waals surface area contributed by atoms with Crippen LogP contribution in [0.15, 0.2) is 18.2 Å². The maximum absolute atomic E-state index is 12.9. The molecule has 1 aromatic rings. The summed E-state index contributed by atoms with van der Waals surface area (Å²) in [5.74, 6) is -2.12. The van der Waals surface area contributed by atoms with E-state index in [0.29, 0.717) is 0 Å². The zero-order chi connectivity index (χ0) is 13.7. The Morgan fingerprint density at radius 2 is 1.72 bits per heavy atom. The highest BCUT2D eigenvalue weighted by Crippen LogP contribution is 2.13. The molecule has 5 nitrogen and oxygen atoms in total. The third-order valence-corrected chi connectivity index (χ3v) is 2.10. The van der Waals surface area contributed by atoms with Crippen molar-refractivity contribution in [2.45, 2.75) is 13.0 Å². The number of urea groups is 1. The van der Waals surface area contributed by atoms with E-state index in [1.165, 1.54) is 14.0 Å². The fourth-order valence-electron chi connectivity index (χ4n) is 1.24. The number of imide groups is 1. The summed E-state index contributed by atoms with van der Waals surface area (Å²) >= 11 is 0. The first kappa shape index (κ1) is 13.9. The van der Waals surface area contributed by atoms with E-state index in [0.717, 1.165) is 18.2 Å². The van der Waals surface area contributed by atoms with Crippen LogP contribution in [-0.4, -0.2) is 25.0 Å². The van der Waals surface area contributed by atoms with Gasteiger partial charge in [0.2, 0.25) is 5.91 Å². The van der Waals surface area contributed by atoms with Gasteiger partial charge < -0.3 is 10.6 Å². The molecule has 0 aromatic heterocycles. The van der Waals surface area contributed by atoms with Crippen LogP contribution in [0.25, 0.3) is 0 Å². The highest BCUT2D eigenvalue weighted by molar-refractivity contribution is 5.97. The molecular formula is C11H13F2N3O2. The lowest BCUT2D eigenvalue weighted by Gasteiger charge is -2.14. The van der Waals surface area contributed by atoms with E-state index in [-0.39, 0.29) is 5.69 Å². The summed E-state index contributed by atoms with van der Waals surface area (Å²) in [5, 5.41) is 6.83. The van der Waals surface area contributed by atoms with Gasteiger partial charge in [-0.05, 0) is 19.1 Å². The van der Waals surface area contributed by atoms with Crippen LogP contribution in [-0.2, 0) is 4.79 Å². The Morgan fingerprint density at radius 3 is 2.22 bits per heavy atom. The Morgan fingerprint density at radius 1 is 1.17 bits per heavy atom. The summed E-state index contributed by atoms with van der Waals surface area (Å²) in [5.41, 5.74) is 0.118. The Bertz CT molecular complexity index is 445. The molecule has 18 heavy (non-hydrogen) atoms. The molecule has 0 aliphatic carbocycles. The first-order valence-electron chi connectivity index (χ1n) is 5.17. The van der Waals surface area contributed by atoms with Crippen molar-refractivity contribution in [3.8, 4) is 0 Å². The van der Waals surface area contributed by atoms with Gasteiger partial charge >= 0.3 is 6.03 Å². The number of carbonyl (C=O) groups excluding carboxylic acids is 2. The van der Waals surface area contributed by atoms with Crippen LogP contribution < -0.4 is 16.0 Å². The minimum absolute atomic E-state index is 0.118. The summed E-state index contributed by atoms with van der Waals surface area (Å²) in [4.78, 5) is 22.4. The van der Waals surface area contributed by atoms with Crippen molar-refractivity contribution in [1.82, 2.24) is 10.6 Å². The Kier molecular flexibility index (Phi) is 4.59. The van der Waals surface area contributed by atoms with Crippen molar-refractivity contribution in [3.63, 3.8) is 0 Å².